The van der Waals surface area contributed by atoms with Gasteiger partial charge in [0.2, 0.25) is 0 Å². The molecule has 0 aromatic rings. The average Bonchev–Trinajstić information content (AvgIpc) is 2.05. The van der Waals surface area contributed by atoms with Crippen LogP contribution in [-0.2, 0) is 9.53 Å². The summed E-state index contributed by atoms with van der Waals surface area (Å²) >= 11 is 0. The summed E-state index contributed by atoms with van der Waals surface area (Å²) in [5.41, 5.74) is 0. The second kappa shape index (κ2) is 3.56. The smallest absolute Gasteiger partial charge is 0.324 e. The summed E-state index contributed by atoms with van der Waals surface area (Å²) in [5, 5.41) is 4.13. The van der Waals surface area contributed by atoms with E-state index < -0.39 is 0 Å². The minimum absolute atomic E-state index is 0.168. The molecule has 0 amide bonds. The van der Waals surface area contributed by atoms with Crippen molar-refractivity contribution >= 4 is 5.97 Å². The molecule has 1 aliphatic rings. The highest BCUT2D eigenvalue weighted by molar-refractivity contribution is 5.75. The first kappa shape index (κ1) is 7.54. The Hall–Kier alpha value is -0.570. The van der Waals surface area contributed by atoms with E-state index in [0.29, 0.717) is 0 Å². The van der Waals surface area contributed by atoms with Crippen LogP contribution >= 0.6 is 0 Å². The quantitative estimate of drug-likeness (QED) is 0.494. The zero-order valence-electron chi connectivity index (χ0n) is 6.17. The maximum atomic E-state index is 10.9. The third-order valence-corrected chi connectivity index (χ3v) is 1.71. The Bertz CT molecular complexity index is 119. The Kier molecular flexibility index (Phi) is 2.68. The standard InChI is InChI=1S/C7H12NO2/c1-10-7(9)6-4-2-3-5-8-6/h6H,2-5H2,1H3. The van der Waals surface area contributed by atoms with Gasteiger partial charge in [-0.1, -0.05) is 0 Å². The van der Waals surface area contributed by atoms with Gasteiger partial charge in [0, 0.05) is 6.54 Å². The number of ether oxygens (including phenoxy) is 1. The van der Waals surface area contributed by atoms with Gasteiger partial charge in [0.1, 0.15) is 6.04 Å². The third-order valence-electron chi connectivity index (χ3n) is 1.71. The van der Waals surface area contributed by atoms with E-state index in [4.69, 9.17) is 0 Å². The lowest BCUT2D eigenvalue weighted by Crippen LogP contribution is -2.35. The van der Waals surface area contributed by atoms with Crippen molar-refractivity contribution in [3.8, 4) is 0 Å². The SMILES string of the molecule is COC(=O)C1CCCC[N]1. The predicted molar refractivity (Wildman–Crippen MR) is 36.7 cm³/mol. The number of carbonyl (C=O) groups is 1. The van der Waals surface area contributed by atoms with Crippen LogP contribution in [0.3, 0.4) is 0 Å². The van der Waals surface area contributed by atoms with Gasteiger partial charge >= 0.3 is 5.97 Å². The Labute approximate surface area is 60.7 Å². The van der Waals surface area contributed by atoms with Crippen molar-refractivity contribution in [2.45, 2.75) is 25.3 Å². The molecule has 0 aromatic carbocycles. The number of methoxy groups -OCH3 is 1. The molecule has 1 radical (unpaired) electrons. The minimum atomic E-state index is -0.181. The summed E-state index contributed by atoms with van der Waals surface area (Å²) < 4.78 is 4.56. The molecular formula is C7H12NO2. The van der Waals surface area contributed by atoms with Crippen molar-refractivity contribution in [2.24, 2.45) is 0 Å². The number of rotatable bonds is 1. The first-order valence-corrected chi connectivity index (χ1v) is 3.59. The molecule has 1 aliphatic heterocycles. The van der Waals surface area contributed by atoms with Crippen molar-refractivity contribution in [2.75, 3.05) is 13.7 Å². The molecular weight excluding hydrogens is 130 g/mol. The second-order valence-corrected chi connectivity index (χ2v) is 2.44. The van der Waals surface area contributed by atoms with Crippen LogP contribution in [0.1, 0.15) is 19.3 Å². The molecule has 1 saturated heterocycles. The van der Waals surface area contributed by atoms with Crippen LogP contribution in [0.15, 0.2) is 0 Å². The van der Waals surface area contributed by atoms with Gasteiger partial charge in [-0.2, -0.15) is 0 Å². The second-order valence-electron chi connectivity index (χ2n) is 2.44. The van der Waals surface area contributed by atoms with Crippen LogP contribution in [-0.4, -0.2) is 25.7 Å². The molecule has 1 unspecified atom stereocenters. The van der Waals surface area contributed by atoms with Crippen LogP contribution in [0.4, 0.5) is 0 Å². The molecule has 1 atom stereocenters. The molecule has 0 aromatic heterocycles. The van der Waals surface area contributed by atoms with Crippen LogP contribution in [0, 0.1) is 0 Å². The molecule has 1 rings (SSSR count). The van der Waals surface area contributed by atoms with Gasteiger partial charge in [0.05, 0.1) is 7.11 Å². The summed E-state index contributed by atoms with van der Waals surface area (Å²) in [6.45, 7) is 0.819. The Balaban J connectivity index is 2.31. The average molecular weight is 142 g/mol. The highest BCUT2D eigenvalue weighted by Gasteiger charge is 2.21. The Morgan fingerprint density at radius 1 is 1.60 bits per heavy atom. The number of hydrogen-bond donors (Lipinski definition) is 0. The highest BCUT2D eigenvalue weighted by Crippen LogP contribution is 2.08. The third kappa shape index (κ3) is 1.70. The Morgan fingerprint density at radius 3 is 2.90 bits per heavy atom. The van der Waals surface area contributed by atoms with Crippen LogP contribution < -0.4 is 5.32 Å². The normalized spacial score (nSPS) is 25.9. The van der Waals surface area contributed by atoms with Crippen molar-refractivity contribution in [3.63, 3.8) is 0 Å². The van der Waals surface area contributed by atoms with Gasteiger partial charge in [-0.3, -0.25) is 4.79 Å². The summed E-state index contributed by atoms with van der Waals surface area (Å²) in [4.78, 5) is 10.9. The van der Waals surface area contributed by atoms with E-state index in [0.717, 1.165) is 25.8 Å². The molecule has 0 saturated carbocycles. The zero-order chi connectivity index (χ0) is 7.40. The van der Waals surface area contributed by atoms with E-state index in [9.17, 15) is 4.79 Å². The van der Waals surface area contributed by atoms with E-state index >= 15 is 0 Å². The van der Waals surface area contributed by atoms with E-state index in [1.54, 1.807) is 0 Å². The Morgan fingerprint density at radius 2 is 2.40 bits per heavy atom. The largest absolute Gasteiger partial charge is 0.468 e. The molecule has 10 heavy (non-hydrogen) atoms. The van der Waals surface area contributed by atoms with Crippen LogP contribution in [0.25, 0.3) is 0 Å². The predicted octanol–water partition coefficient (Wildman–Crippen LogP) is 0.316. The number of hydrogen-bond acceptors (Lipinski definition) is 2. The van der Waals surface area contributed by atoms with Gasteiger partial charge in [0.15, 0.2) is 0 Å². The molecule has 0 aliphatic carbocycles. The summed E-state index contributed by atoms with van der Waals surface area (Å²) in [6, 6.07) is -0.168. The zero-order valence-corrected chi connectivity index (χ0v) is 6.17. The van der Waals surface area contributed by atoms with Gasteiger partial charge in [-0.05, 0) is 19.3 Å². The van der Waals surface area contributed by atoms with E-state index in [2.05, 4.69) is 10.1 Å². The minimum Gasteiger partial charge on any atom is -0.468 e. The summed E-state index contributed by atoms with van der Waals surface area (Å²) in [6.07, 6.45) is 3.09. The van der Waals surface area contributed by atoms with Gasteiger partial charge in [-0.25, -0.2) is 5.32 Å². The first-order chi connectivity index (χ1) is 4.84. The van der Waals surface area contributed by atoms with E-state index in [1.165, 1.54) is 7.11 Å². The molecule has 1 fully saturated rings. The molecule has 0 bridgehead atoms. The lowest BCUT2D eigenvalue weighted by molar-refractivity contribution is -0.143. The van der Waals surface area contributed by atoms with Crippen molar-refractivity contribution in [1.29, 1.82) is 0 Å². The maximum Gasteiger partial charge on any atom is 0.324 e. The molecule has 1 heterocycles. The lowest BCUT2D eigenvalue weighted by Gasteiger charge is -2.18. The van der Waals surface area contributed by atoms with E-state index in [-0.39, 0.29) is 12.0 Å². The number of nitrogens with zero attached hydrogens (tertiary/aromatic N) is 1. The summed E-state index contributed by atoms with van der Waals surface area (Å²) in [5.74, 6) is -0.181. The van der Waals surface area contributed by atoms with Crippen molar-refractivity contribution in [3.05, 3.63) is 0 Å². The highest BCUT2D eigenvalue weighted by atomic mass is 16.5. The molecule has 0 N–H and O–H groups in total. The fourth-order valence-electron chi connectivity index (χ4n) is 1.12. The molecule has 3 heteroatoms. The van der Waals surface area contributed by atoms with Gasteiger partial charge in [-0.15, -0.1) is 0 Å². The maximum absolute atomic E-state index is 10.9. The first-order valence-electron chi connectivity index (χ1n) is 3.59. The molecule has 3 nitrogen and oxygen atoms in total. The van der Waals surface area contributed by atoms with Crippen molar-refractivity contribution in [1.82, 2.24) is 5.32 Å². The number of carbonyl (C=O) groups excluding carboxylic acids is 1. The molecule has 57 valence electrons. The monoisotopic (exact) mass is 142 g/mol. The lowest BCUT2D eigenvalue weighted by atomic mass is 10.1. The van der Waals surface area contributed by atoms with Gasteiger partial charge < -0.3 is 4.74 Å². The van der Waals surface area contributed by atoms with Crippen LogP contribution in [0.5, 0.6) is 0 Å². The fraction of sp³-hybridized carbons (Fsp3) is 0.857. The topological polar surface area (TPSA) is 40.4 Å². The van der Waals surface area contributed by atoms with E-state index in [1.807, 2.05) is 0 Å². The number of esters is 1. The summed E-state index contributed by atoms with van der Waals surface area (Å²) in [7, 11) is 1.41. The van der Waals surface area contributed by atoms with Crippen molar-refractivity contribution < 1.29 is 9.53 Å². The molecule has 0 spiro atoms. The fourth-order valence-corrected chi connectivity index (χ4v) is 1.12. The van der Waals surface area contributed by atoms with Gasteiger partial charge in [0.25, 0.3) is 0 Å². The van der Waals surface area contributed by atoms with Crippen LogP contribution in [0.2, 0.25) is 0 Å². The number of piperidine rings is 1.